The number of amides is 2. The minimum Gasteiger partial charge on any atom is -0.481 e. The molecule has 3 heterocycles. The van der Waals surface area contributed by atoms with Crippen molar-refractivity contribution in [1.82, 2.24) is 15.2 Å². The molecule has 2 amide bonds. The van der Waals surface area contributed by atoms with Gasteiger partial charge >= 0.3 is 5.97 Å². The molecule has 1 aromatic carbocycles. The fraction of sp³-hybridized carbons (Fsp3) is 0.462. The molecule has 8 heteroatoms. The summed E-state index contributed by atoms with van der Waals surface area (Å²) < 4.78 is 0. The maximum atomic E-state index is 13.0. The van der Waals surface area contributed by atoms with Crippen molar-refractivity contribution in [3.8, 4) is 0 Å². The van der Waals surface area contributed by atoms with Gasteiger partial charge in [-0.05, 0) is 49.3 Å². The van der Waals surface area contributed by atoms with Crippen molar-refractivity contribution in [2.24, 2.45) is 5.92 Å². The molecule has 1 saturated heterocycles. The van der Waals surface area contributed by atoms with E-state index in [1.165, 1.54) is 5.56 Å². The molecule has 1 fully saturated rings. The summed E-state index contributed by atoms with van der Waals surface area (Å²) in [5.74, 6) is -0.560. The van der Waals surface area contributed by atoms with Crippen LogP contribution in [0.1, 0.15) is 55.0 Å². The second-order valence-electron chi connectivity index (χ2n) is 9.09. The number of nitrogens with one attached hydrogen (secondary N) is 2. The molecule has 8 nitrogen and oxygen atoms in total. The summed E-state index contributed by atoms with van der Waals surface area (Å²) in [6.07, 6.45) is 4.30. The van der Waals surface area contributed by atoms with Gasteiger partial charge < -0.3 is 20.6 Å². The number of fused-ring (bicyclic) bond motifs is 1. The number of carbonyl (C=O) groups excluding carboxylic acids is 2. The van der Waals surface area contributed by atoms with Gasteiger partial charge in [-0.25, -0.2) is 4.98 Å². The molecule has 0 aliphatic carbocycles. The minimum absolute atomic E-state index is 0.0233. The highest BCUT2D eigenvalue weighted by molar-refractivity contribution is 5.82. The summed E-state index contributed by atoms with van der Waals surface area (Å²) in [7, 11) is 0. The van der Waals surface area contributed by atoms with E-state index in [1.54, 1.807) is 4.90 Å². The van der Waals surface area contributed by atoms with Gasteiger partial charge in [0.1, 0.15) is 5.82 Å². The molecule has 2 aliphatic heterocycles. The Labute approximate surface area is 199 Å². The standard InChI is InChI=1S/C26H32N4O4/c31-23(13-12-21-11-10-19-8-4-14-27-25(19)28-21)30-15-5-9-20(17-30)26(34)29-22(16-24(32)33)18-6-2-1-3-7-18/h1-3,6-7,10-11,20,22H,4-5,8-9,12-17H2,(H,27,28)(H,29,34)(H,32,33)/t20-,22+/m1/s1. The van der Waals surface area contributed by atoms with Gasteiger partial charge in [-0.15, -0.1) is 0 Å². The fourth-order valence-electron chi connectivity index (χ4n) is 4.72. The summed E-state index contributed by atoms with van der Waals surface area (Å²) in [6, 6.07) is 12.6. The molecular formula is C26H32N4O4. The van der Waals surface area contributed by atoms with E-state index >= 15 is 0 Å². The molecular weight excluding hydrogens is 432 g/mol. The Morgan fingerprint density at radius 1 is 1.15 bits per heavy atom. The Balaban J connectivity index is 1.32. The van der Waals surface area contributed by atoms with E-state index in [2.05, 4.69) is 21.7 Å². The zero-order valence-electron chi connectivity index (χ0n) is 19.3. The van der Waals surface area contributed by atoms with Crippen molar-refractivity contribution in [3.63, 3.8) is 0 Å². The number of aliphatic carboxylic acids is 1. The second kappa shape index (κ2) is 11.1. The summed E-state index contributed by atoms with van der Waals surface area (Å²) in [6.45, 7) is 1.93. The molecule has 0 radical (unpaired) electrons. The monoisotopic (exact) mass is 464 g/mol. The zero-order valence-corrected chi connectivity index (χ0v) is 19.3. The van der Waals surface area contributed by atoms with Crippen LogP contribution < -0.4 is 10.6 Å². The largest absolute Gasteiger partial charge is 0.481 e. The number of nitrogens with zero attached hydrogens (tertiary/aromatic N) is 2. The Bertz CT molecular complexity index is 1030. The van der Waals surface area contributed by atoms with Gasteiger partial charge in [0.2, 0.25) is 11.8 Å². The van der Waals surface area contributed by atoms with E-state index in [0.29, 0.717) is 32.4 Å². The average Bonchev–Trinajstić information content (AvgIpc) is 2.87. The number of aromatic nitrogens is 1. The summed E-state index contributed by atoms with van der Waals surface area (Å²) in [4.78, 5) is 43.6. The van der Waals surface area contributed by atoms with E-state index in [9.17, 15) is 19.5 Å². The molecule has 0 unspecified atom stereocenters. The number of anilines is 1. The number of benzene rings is 1. The molecule has 4 rings (SSSR count). The van der Waals surface area contributed by atoms with Crippen molar-refractivity contribution < 1.29 is 19.5 Å². The third-order valence-corrected chi connectivity index (χ3v) is 6.59. The highest BCUT2D eigenvalue weighted by atomic mass is 16.4. The highest BCUT2D eigenvalue weighted by Gasteiger charge is 2.30. The van der Waals surface area contributed by atoms with E-state index in [4.69, 9.17) is 0 Å². The third-order valence-electron chi connectivity index (χ3n) is 6.59. The number of piperidine rings is 1. The predicted molar refractivity (Wildman–Crippen MR) is 128 cm³/mol. The van der Waals surface area contributed by atoms with Crippen LogP contribution in [0, 0.1) is 5.92 Å². The molecule has 180 valence electrons. The molecule has 2 aromatic rings. The Kier molecular flexibility index (Phi) is 7.77. The lowest BCUT2D eigenvalue weighted by atomic mass is 9.95. The van der Waals surface area contributed by atoms with E-state index in [0.717, 1.165) is 42.9 Å². The Morgan fingerprint density at radius 3 is 2.76 bits per heavy atom. The van der Waals surface area contributed by atoms with E-state index in [1.807, 2.05) is 36.4 Å². The lowest BCUT2D eigenvalue weighted by molar-refractivity contribution is -0.138. The van der Waals surface area contributed by atoms with Crippen LogP contribution in [0.5, 0.6) is 0 Å². The first kappa shape index (κ1) is 23.7. The van der Waals surface area contributed by atoms with Gasteiger partial charge in [0.05, 0.1) is 18.4 Å². The third kappa shape index (κ3) is 6.12. The number of carboxylic acids is 1. The number of rotatable bonds is 8. The Morgan fingerprint density at radius 2 is 1.97 bits per heavy atom. The molecule has 2 aliphatic rings. The average molecular weight is 465 g/mol. The number of hydrogen-bond donors (Lipinski definition) is 3. The summed E-state index contributed by atoms with van der Waals surface area (Å²) in [5, 5.41) is 15.5. The van der Waals surface area contributed by atoms with Crippen LogP contribution in [0.25, 0.3) is 0 Å². The fourth-order valence-corrected chi connectivity index (χ4v) is 4.72. The Hall–Kier alpha value is -3.42. The van der Waals surface area contributed by atoms with Crippen molar-refractivity contribution in [2.45, 2.75) is 51.0 Å². The van der Waals surface area contributed by atoms with Crippen LogP contribution in [0.3, 0.4) is 0 Å². The van der Waals surface area contributed by atoms with Gasteiger partial charge in [0.15, 0.2) is 0 Å². The van der Waals surface area contributed by atoms with Gasteiger partial charge in [0.25, 0.3) is 0 Å². The van der Waals surface area contributed by atoms with Crippen LogP contribution in [0.15, 0.2) is 42.5 Å². The van der Waals surface area contributed by atoms with Crippen LogP contribution >= 0.6 is 0 Å². The summed E-state index contributed by atoms with van der Waals surface area (Å²) in [5.41, 5.74) is 2.88. The number of aryl methyl sites for hydroxylation is 2. The first-order valence-electron chi connectivity index (χ1n) is 12.1. The van der Waals surface area contributed by atoms with Gasteiger partial charge in [-0.1, -0.05) is 36.4 Å². The highest BCUT2D eigenvalue weighted by Crippen LogP contribution is 2.23. The lowest BCUT2D eigenvalue weighted by Crippen LogP contribution is -2.46. The van der Waals surface area contributed by atoms with Crippen molar-refractivity contribution in [3.05, 3.63) is 59.3 Å². The number of hydrogen-bond acceptors (Lipinski definition) is 5. The first-order chi connectivity index (χ1) is 16.5. The minimum atomic E-state index is -0.972. The van der Waals surface area contributed by atoms with Gasteiger partial charge in [-0.3, -0.25) is 14.4 Å². The first-order valence-corrected chi connectivity index (χ1v) is 12.1. The van der Waals surface area contributed by atoms with E-state index < -0.39 is 12.0 Å². The maximum absolute atomic E-state index is 13.0. The van der Waals surface area contributed by atoms with Crippen molar-refractivity contribution >= 4 is 23.6 Å². The van der Waals surface area contributed by atoms with Crippen molar-refractivity contribution in [1.29, 1.82) is 0 Å². The molecule has 3 N–H and O–H groups in total. The van der Waals surface area contributed by atoms with Crippen LogP contribution in [-0.4, -0.2) is 52.4 Å². The molecule has 34 heavy (non-hydrogen) atoms. The number of pyridine rings is 1. The SMILES string of the molecule is O=C(O)C[C@H](NC(=O)[C@@H]1CCCN(C(=O)CCc2ccc3c(n2)NCCC3)C1)c1ccccc1. The smallest absolute Gasteiger partial charge is 0.305 e. The molecule has 0 spiro atoms. The van der Waals surface area contributed by atoms with Crippen LogP contribution in [0.2, 0.25) is 0 Å². The quantitative estimate of drug-likeness (QED) is 0.554. The van der Waals surface area contributed by atoms with Gasteiger partial charge in [-0.2, -0.15) is 0 Å². The number of likely N-dealkylation sites (tertiary alicyclic amines) is 1. The molecule has 2 atom stereocenters. The topological polar surface area (TPSA) is 112 Å². The normalized spacial score (nSPS) is 18.4. The van der Waals surface area contributed by atoms with E-state index in [-0.39, 0.29) is 24.2 Å². The summed E-state index contributed by atoms with van der Waals surface area (Å²) >= 11 is 0. The van der Waals surface area contributed by atoms with Gasteiger partial charge in [0, 0.05) is 31.7 Å². The van der Waals surface area contributed by atoms with Crippen LogP contribution in [-0.2, 0) is 27.2 Å². The number of carboxylic acid groups (broad SMARTS) is 1. The maximum Gasteiger partial charge on any atom is 0.305 e. The zero-order chi connectivity index (χ0) is 23.9. The molecule has 0 saturated carbocycles. The van der Waals surface area contributed by atoms with Crippen molar-refractivity contribution in [2.75, 3.05) is 25.0 Å². The van der Waals surface area contributed by atoms with Crippen LogP contribution in [0.4, 0.5) is 5.82 Å². The molecule has 1 aromatic heterocycles. The predicted octanol–water partition coefficient (Wildman–Crippen LogP) is 2.94. The second-order valence-corrected chi connectivity index (χ2v) is 9.09. The lowest BCUT2D eigenvalue weighted by Gasteiger charge is -2.33. The number of carbonyl (C=O) groups is 3. The molecule has 0 bridgehead atoms.